The summed E-state index contributed by atoms with van der Waals surface area (Å²) in [6, 6.07) is 4.64. The zero-order chi connectivity index (χ0) is 11.3. The number of alkyl halides is 1. The molecule has 0 aliphatic carbocycles. The topological polar surface area (TPSA) is 16.1 Å². The highest BCUT2D eigenvalue weighted by molar-refractivity contribution is 6.17. The Labute approximate surface area is 97.3 Å². The van der Waals surface area contributed by atoms with Gasteiger partial charge in [0.1, 0.15) is 5.82 Å². The average Bonchev–Trinajstić information content (AvgIpc) is 2.30. The van der Waals surface area contributed by atoms with E-state index in [4.69, 9.17) is 11.6 Å². The molecule has 0 aromatic carbocycles. The van der Waals surface area contributed by atoms with Gasteiger partial charge in [-0.2, -0.15) is 0 Å². The van der Waals surface area contributed by atoms with Crippen molar-refractivity contribution in [3.8, 4) is 0 Å². The summed E-state index contributed by atoms with van der Waals surface area (Å²) in [6.45, 7) is 4.41. The number of nitrogens with zero attached hydrogens (tertiary/aromatic N) is 2. The molecule has 1 aromatic rings. The maximum atomic E-state index is 5.72. The molecule has 15 heavy (non-hydrogen) atoms. The lowest BCUT2D eigenvalue weighted by molar-refractivity contribution is 0.587. The van der Waals surface area contributed by atoms with Crippen LogP contribution in [0, 0.1) is 0 Å². The summed E-state index contributed by atoms with van der Waals surface area (Å²) in [4.78, 5) is 6.64. The molecular weight excluding hydrogens is 208 g/mol. The Hall–Kier alpha value is -0.760. The van der Waals surface area contributed by atoms with Gasteiger partial charge in [0.15, 0.2) is 0 Å². The highest BCUT2D eigenvalue weighted by atomic mass is 35.5. The monoisotopic (exact) mass is 226 g/mol. The Morgan fingerprint density at radius 1 is 1.33 bits per heavy atom. The Kier molecular flexibility index (Phi) is 4.89. The minimum atomic E-state index is 0.530. The largest absolute Gasteiger partial charge is 0.357 e. The lowest BCUT2D eigenvalue weighted by atomic mass is 10.1. The van der Waals surface area contributed by atoms with Crippen molar-refractivity contribution in [2.75, 3.05) is 11.9 Å². The van der Waals surface area contributed by atoms with E-state index in [0.717, 1.165) is 24.2 Å². The number of halogens is 1. The Bertz CT molecular complexity index is 280. The van der Waals surface area contributed by atoms with E-state index in [2.05, 4.69) is 30.8 Å². The molecule has 3 heteroatoms. The van der Waals surface area contributed by atoms with E-state index in [1.807, 2.05) is 18.3 Å². The van der Waals surface area contributed by atoms with Gasteiger partial charge in [-0.25, -0.2) is 4.98 Å². The highest BCUT2D eigenvalue weighted by Crippen LogP contribution is 2.16. The number of rotatable bonds is 5. The molecule has 0 spiro atoms. The molecule has 1 aromatic heterocycles. The SMILES string of the molecule is CCC(CC)N(C)c1ccc(CCl)cn1. The van der Waals surface area contributed by atoms with Gasteiger partial charge in [-0.3, -0.25) is 0 Å². The second kappa shape index (κ2) is 5.96. The summed E-state index contributed by atoms with van der Waals surface area (Å²) < 4.78 is 0. The van der Waals surface area contributed by atoms with Crippen molar-refractivity contribution < 1.29 is 0 Å². The van der Waals surface area contributed by atoms with Crippen molar-refractivity contribution in [2.24, 2.45) is 0 Å². The molecular formula is C12H19ClN2. The van der Waals surface area contributed by atoms with Crippen LogP contribution in [0.2, 0.25) is 0 Å². The molecule has 1 rings (SSSR count). The van der Waals surface area contributed by atoms with Gasteiger partial charge in [-0.15, -0.1) is 11.6 Å². The van der Waals surface area contributed by atoms with Crippen molar-refractivity contribution in [3.05, 3.63) is 23.9 Å². The van der Waals surface area contributed by atoms with Crippen LogP contribution < -0.4 is 4.90 Å². The van der Waals surface area contributed by atoms with Crippen molar-refractivity contribution in [3.63, 3.8) is 0 Å². The third-order valence-electron chi connectivity index (χ3n) is 2.82. The molecule has 0 N–H and O–H groups in total. The zero-order valence-corrected chi connectivity index (χ0v) is 10.5. The van der Waals surface area contributed by atoms with Crippen LogP contribution in [-0.4, -0.2) is 18.1 Å². The molecule has 0 atom stereocenters. The molecule has 0 fully saturated rings. The number of hydrogen-bond acceptors (Lipinski definition) is 2. The summed E-state index contributed by atoms with van der Waals surface area (Å²) in [5, 5.41) is 0. The number of pyridine rings is 1. The first-order chi connectivity index (χ1) is 7.22. The van der Waals surface area contributed by atoms with Gasteiger partial charge in [0, 0.05) is 25.2 Å². The van der Waals surface area contributed by atoms with Crippen LogP contribution in [0.25, 0.3) is 0 Å². The summed E-state index contributed by atoms with van der Waals surface area (Å²) in [5.41, 5.74) is 1.07. The first kappa shape index (κ1) is 12.3. The van der Waals surface area contributed by atoms with Crippen LogP contribution in [0.3, 0.4) is 0 Å². The molecule has 1 heterocycles. The third kappa shape index (κ3) is 3.10. The molecule has 0 aliphatic rings. The van der Waals surface area contributed by atoms with Crippen LogP contribution in [0.4, 0.5) is 5.82 Å². The van der Waals surface area contributed by atoms with E-state index in [1.165, 1.54) is 0 Å². The Morgan fingerprint density at radius 2 is 2.00 bits per heavy atom. The van der Waals surface area contributed by atoms with Gasteiger partial charge in [0.25, 0.3) is 0 Å². The predicted octanol–water partition coefficient (Wildman–Crippen LogP) is 3.45. The van der Waals surface area contributed by atoms with E-state index in [0.29, 0.717) is 11.9 Å². The molecule has 0 radical (unpaired) electrons. The van der Waals surface area contributed by atoms with E-state index in [-0.39, 0.29) is 0 Å². The lowest BCUT2D eigenvalue weighted by Crippen LogP contribution is -2.30. The fourth-order valence-corrected chi connectivity index (χ4v) is 1.89. The Morgan fingerprint density at radius 3 is 2.40 bits per heavy atom. The van der Waals surface area contributed by atoms with E-state index >= 15 is 0 Å². The lowest BCUT2D eigenvalue weighted by Gasteiger charge is -2.27. The van der Waals surface area contributed by atoms with E-state index in [9.17, 15) is 0 Å². The van der Waals surface area contributed by atoms with Gasteiger partial charge in [-0.1, -0.05) is 19.9 Å². The maximum Gasteiger partial charge on any atom is 0.128 e. The standard InChI is InChI=1S/C12H19ClN2/c1-4-11(5-2)15(3)12-7-6-10(8-13)9-14-12/h6-7,9,11H,4-5,8H2,1-3H3. The minimum absolute atomic E-state index is 0.530. The summed E-state index contributed by atoms with van der Waals surface area (Å²) in [7, 11) is 2.10. The number of anilines is 1. The molecule has 0 bridgehead atoms. The van der Waals surface area contributed by atoms with Crippen LogP contribution in [0.15, 0.2) is 18.3 Å². The minimum Gasteiger partial charge on any atom is -0.357 e. The fourth-order valence-electron chi connectivity index (χ4n) is 1.73. The van der Waals surface area contributed by atoms with Crippen molar-refractivity contribution in [1.82, 2.24) is 4.98 Å². The first-order valence-electron chi connectivity index (χ1n) is 5.46. The molecule has 0 saturated carbocycles. The zero-order valence-electron chi connectivity index (χ0n) is 9.70. The van der Waals surface area contributed by atoms with Crippen molar-refractivity contribution >= 4 is 17.4 Å². The van der Waals surface area contributed by atoms with Crippen LogP contribution in [-0.2, 0) is 5.88 Å². The smallest absolute Gasteiger partial charge is 0.128 e. The molecule has 84 valence electrons. The van der Waals surface area contributed by atoms with Gasteiger partial charge in [-0.05, 0) is 24.5 Å². The van der Waals surface area contributed by atoms with Crippen molar-refractivity contribution in [2.45, 2.75) is 38.6 Å². The fraction of sp³-hybridized carbons (Fsp3) is 0.583. The number of aromatic nitrogens is 1. The summed E-state index contributed by atoms with van der Waals surface area (Å²) in [5.74, 6) is 1.56. The molecule has 0 aliphatic heterocycles. The van der Waals surface area contributed by atoms with Gasteiger partial charge < -0.3 is 4.90 Å². The molecule has 2 nitrogen and oxygen atoms in total. The van der Waals surface area contributed by atoms with Gasteiger partial charge in [0.05, 0.1) is 0 Å². The van der Waals surface area contributed by atoms with Crippen LogP contribution in [0.5, 0.6) is 0 Å². The molecule has 0 saturated heterocycles. The quantitative estimate of drug-likeness (QED) is 0.715. The van der Waals surface area contributed by atoms with Crippen molar-refractivity contribution in [1.29, 1.82) is 0 Å². The number of hydrogen-bond donors (Lipinski definition) is 0. The van der Waals surface area contributed by atoms with E-state index < -0.39 is 0 Å². The van der Waals surface area contributed by atoms with E-state index in [1.54, 1.807) is 0 Å². The first-order valence-corrected chi connectivity index (χ1v) is 6.00. The normalized spacial score (nSPS) is 10.7. The Balaban J connectivity index is 2.76. The van der Waals surface area contributed by atoms with Crippen LogP contribution >= 0.6 is 11.6 Å². The van der Waals surface area contributed by atoms with Crippen LogP contribution in [0.1, 0.15) is 32.3 Å². The molecule has 0 amide bonds. The third-order valence-corrected chi connectivity index (χ3v) is 3.12. The average molecular weight is 227 g/mol. The van der Waals surface area contributed by atoms with Gasteiger partial charge in [0.2, 0.25) is 0 Å². The van der Waals surface area contributed by atoms with Gasteiger partial charge >= 0.3 is 0 Å². The summed E-state index contributed by atoms with van der Waals surface area (Å²) in [6.07, 6.45) is 4.14. The molecule has 0 unspecified atom stereocenters. The highest BCUT2D eigenvalue weighted by Gasteiger charge is 2.11. The summed E-state index contributed by atoms with van der Waals surface area (Å²) >= 11 is 5.72. The maximum absolute atomic E-state index is 5.72. The second-order valence-electron chi connectivity index (χ2n) is 3.74. The second-order valence-corrected chi connectivity index (χ2v) is 4.01. The predicted molar refractivity (Wildman–Crippen MR) is 66.6 cm³/mol.